The first kappa shape index (κ1) is 21.2. The number of hydrogen-bond acceptors (Lipinski definition) is 5. The summed E-state index contributed by atoms with van der Waals surface area (Å²) in [4.78, 5) is -0.252. The molecule has 7 nitrogen and oxygen atoms in total. The normalized spacial score (nSPS) is 12.7. The van der Waals surface area contributed by atoms with Crippen LogP contribution in [0, 0.1) is 11.6 Å². The van der Waals surface area contributed by atoms with Gasteiger partial charge in [0, 0.05) is 6.54 Å². The fraction of sp³-hybridized carbons (Fsp3) is 0.222. The van der Waals surface area contributed by atoms with Gasteiger partial charge in [0.05, 0.1) is 11.1 Å². The molecule has 29 heavy (non-hydrogen) atoms. The lowest BCUT2D eigenvalue weighted by atomic mass is 10.3. The van der Waals surface area contributed by atoms with Gasteiger partial charge in [0.25, 0.3) is 0 Å². The van der Waals surface area contributed by atoms with Crippen LogP contribution in [0.2, 0.25) is 5.02 Å². The van der Waals surface area contributed by atoms with E-state index in [1.54, 1.807) is 11.5 Å². The molecule has 3 aromatic rings. The van der Waals surface area contributed by atoms with Gasteiger partial charge in [0.2, 0.25) is 10.0 Å². The minimum atomic E-state index is -4.05. The zero-order valence-electron chi connectivity index (χ0n) is 15.4. The second kappa shape index (κ2) is 8.44. The molecule has 1 atom stereocenters. The summed E-state index contributed by atoms with van der Waals surface area (Å²) in [6.07, 6.45) is 0. The van der Waals surface area contributed by atoms with E-state index >= 15 is 0 Å². The van der Waals surface area contributed by atoms with Crippen molar-refractivity contribution in [2.45, 2.75) is 31.3 Å². The van der Waals surface area contributed by atoms with Crippen molar-refractivity contribution in [3.05, 3.63) is 64.9 Å². The fourth-order valence-corrected chi connectivity index (χ4v) is 4.38. The van der Waals surface area contributed by atoms with E-state index in [4.69, 9.17) is 16.3 Å². The highest BCUT2D eigenvalue weighted by Crippen LogP contribution is 2.26. The molecule has 154 valence electrons. The predicted octanol–water partition coefficient (Wildman–Crippen LogP) is 4.06. The smallest absolute Gasteiger partial charge is 0.322 e. The lowest BCUT2D eigenvalue weighted by Crippen LogP contribution is -2.29. The molecule has 11 heteroatoms. The van der Waals surface area contributed by atoms with Crippen LogP contribution in [0.5, 0.6) is 11.8 Å². The molecule has 2 aromatic carbocycles. The van der Waals surface area contributed by atoms with Crippen molar-refractivity contribution >= 4 is 21.6 Å². The largest absolute Gasteiger partial charge is 0.424 e. The quantitative estimate of drug-likeness (QED) is 0.596. The molecule has 0 amide bonds. The van der Waals surface area contributed by atoms with E-state index in [1.165, 1.54) is 24.3 Å². The molecule has 0 bridgehead atoms. The van der Waals surface area contributed by atoms with Gasteiger partial charge >= 0.3 is 6.01 Å². The molecule has 0 saturated carbocycles. The Morgan fingerprint density at radius 2 is 1.79 bits per heavy atom. The van der Waals surface area contributed by atoms with E-state index in [-0.39, 0.29) is 15.9 Å². The summed E-state index contributed by atoms with van der Waals surface area (Å²) in [6.45, 7) is 3.78. The molecule has 0 spiro atoms. The Hall–Kier alpha value is -2.56. The molecule has 1 heterocycles. The molecule has 0 unspecified atom stereocenters. The first-order chi connectivity index (χ1) is 13.7. The zero-order chi connectivity index (χ0) is 21.2. The van der Waals surface area contributed by atoms with Crippen molar-refractivity contribution < 1.29 is 21.9 Å². The first-order valence-corrected chi connectivity index (χ1v) is 10.4. The van der Waals surface area contributed by atoms with Crippen LogP contribution < -0.4 is 9.46 Å². The van der Waals surface area contributed by atoms with Crippen molar-refractivity contribution in [3.8, 4) is 11.8 Å². The van der Waals surface area contributed by atoms with Gasteiger partial charge in [0.1, 0.15) is 22.3 Å². The van der Waals surface area contributed by atoms with Gasteiger partial charge in [-0.3, -0.25) is 4.57 Å². The van der Waals surface area contributed by atoms with Crippen molar-refractivity contribution in [3.63, 3.8) is 0 Å². The van der Waals surface area contributed by atoms with Crippen LogP contribution in [0.3, 0.4) is 0 Å². The molecule has 0 aliphatic heterocycles. The average molecular weight is 443 g/mol. The molecular weight excluding hydrogens is 426 g/mol. The number of sulfonamides is 1. The van der Waals surface area contributed by atoms with Gasteiger partial charge in [-0.05, 0) is 56.3 Å². The zero-order valence-corrected chi connectivity index (χ0v) is 17.0. The van der Waals surface area contributed by atoms with Crippen LogP contribution >= 0.6 is 11.6 Å². The Kier molecular flexibility index (Phi) is 6.15. The van der Waals surface area contributed by atoms with Gasteiger partial charge in [-0.1, -0.05) is 16.7 Å². The van der Waals surface area contributed by atoms with Crippen LogP contribution in [0.1, 0.15) is 25.7 Å². The Balaban J connectivity index is 1.84. The van der Waals surface area contributed by atoms with E-state index in [0.717, 1.165) is 18.2 Å². The van der Waals surface area contributed by atoms with Gasteiger partial charge in [0.15, 0.2) is 5.82 Å². The second-order valence-corrected chi connectivity index (χ2v) is 8.15. The molecule has 0 fully saturated rings. The van der Waals surface area contributed by atoms with E-state index in [1.807, 2.05) is 6.92 Å². The molecule has 0 aliphatic rings. The number of rotatable bonds is 7. The summed E-state index contributed by atoms with van der Waals surface area (Å²) >= 11 is 5.87. The van der Waals surface area contributed by atoms with Crippen LogP contribution in [0.4, 0.5) is 8.78 Å². The second-order valence-electron chi connectivity index (χ2n) is 6.06. The number of halogens is 3. The molecule has 0 saturated heterocycles. The van der Waals surface area contributed by atoms with Gasteiger partial charge in [-0.2, -0.15) is 0 Å². The summed E-state index contributed by atoms with van der Waals surface area (Å²) < 4.78 is 61.2. The Morgan fingerprint density at radius 1 is 1.14 bits per heavy atom. The average Bonchev–Trinajstić information content (AvgIpc) is 3.05. The SMILES string of the molecule is CCn1c(Oc2ccc(F)cc2)nnc1[C@@H](C)NS(=O)(=O)c1ccc(F)cc1Cl. The number of nitrogens with zero attached hydrogens (tertiary/aromatic N) is 3. The molecule has 0 radical (unpaired) electrons. The van der Waals surface area contributed by atoms with Crippen molar-refractivity contribution in [1.82, 2.24) is 19.5 Å². The Morgan fingerprint density at radius 3 is 2.41 bits per heavy atom. The number of benzene rings is 2. The first-order valence-electron chi connectivity index (χ1n) is 8.55. The van der Waals surface area contributed by atoms with E-state index in [9.17, 15) is 17.2 Å². The van der Waals surface area contributed by atoms with Gasteiger partial charge in [-0.25, -0.2) is 21.9 Å². The maximum absolute atomic E-state index is 13.2. The van der Waals surface area contributed by atoms with Crippen molar-refractivity contribution in [2.75, 3.05) is 0 Å². The molecule has 1 N–H and O–H groups in total. The van der Waals surface area contributed by atoms with Crippen LogP contribution in [-0.2, 0) is 16.6 Å². The molecule has 0 aliphatic carbocycles. The lowest BCUT2D eigenvalue weighted by Gasteiger charge is -2.16. The highest BCUT2D eigenvalue weighted by molar-refractivity contribution is 7.89. The van der Waals surface area contributed by atoms with E-state index in [2.05, 4.69) is 14.9 Å². The monoisotopic (exact) mass is 442 g/mol. The highest BCUT2D eigenvalue weighted by Gasteiger charge is 2.25. The molecule has 3 rings (SSSR count). The maximum Gasteiger partial charge on any atom is 0.322 e. The third kappa shape index (κ3) is 4.72. The third-order valence-corrected chi connectivity index (χ3v) is 6.01. The summed E-state index contributed by atoms with van der Waals surface area (Å²) in [6, 6.07) is 7.70. The summed E-state index contributed by atoms with van der Waals surface area (Å²) in [5.41, 5.74) is 0. The van der Waals surface area contributed by atoms with Gasteiger partial charge < -0.3 is 4.74 Å². The van der Waals surface area contributed by atoms with Crippen LogP contribution in [0.25, 0.3) is 0 Å². The standard InChI is InChI=1S/C18H17ClF2N4O3S/c1-3-25-17(22-23-18(25)28-14-7-4-12(20)5-8-14)11(2)24-29(26,27)16-9-6-13(21)10-15(16)19/h4-11,24H,3H2,1-2H3/t11-/m1/s1. The Labute approximate surface area is 171 Å². The lowest BCUT2D eigenvalue weighted by molar-refractivity contribution is 0.407. The summed E-state index contributed by atoms with van der Waals surface area (Å²) in [7, 11) is -4.05. The van der Waals surface area contributed by atoms with E-state index in [0.29, 0.717) is 18.1 Å². The number of ether oxygens (including phenoxy) is 1. The maximum atomic E-state index is 13.2. The van der Waals surface area contributed by atoms with Crippen molar-refractivity contribution in [2.24, 2.45) is 0 Å². The third-order valence-electron chi connectivity index (χ3n) is 3.99. The minimum absolute atomic E-state index is 0.125. The van der Waals surface area contributed by atoms with Crippen LogP contribution in [-0.4, -0.2) is 23.2 Å². The predicted molar refractivity (Wildman–Crippen MR) is 102 cm³/mol. The van der Waals surface area contributed by atoms with E-state index < -0.39 is 27.7 Å². The number of nitrogens with one attached hydrogen (secondary N) is 1. The number of aromatic nitrogens is 3. The fourth-order valence-electron chi connectivity index (χ4n) is 2.64. The highest BCUT2D eigenvalue weighted by atomic mass is 35.5. The minimum Gasteiger partial charge on any atom is -0.424 e. The summed E-state index contributed by atoms with van der Waals surface area (Å²) in [5, 5.41) is 7.72. The van der Waals surface area contributed by atoms with Crippen molar-refractivity contribution in [1.29, 1.82) is 0 Å². The van der Waals surface area contributed by atoms with Crippen LogP contribution in [0.15, 0.2) is 47.4 Å². The summed E-state index contributed by atoms with van der Waals surface area (Å²) in [5.74, 6) is -0.398. The molecule has 1 aromatic heterocycles. The topological polar surface area (TPSA) is 86.1 Å². The number of hydrogen-bond donors (Lipinski definition) is 1. The van der Waals surface area contributed by atoms with Gasteiger partial charge in [-0.15, -0.1) is 5.10 Å². The Bertz CT molecular complexity index is 1120. The molecular formula is C18H17ClF2N4O3S.